The molecule has 0 bridgehead atoms. The molecule has 1 rings (SSSR count). The third kappa shape index (κ3) is 11.0. The number of nitrogens with zero attached hydrogens (tertiary/aromatic N) is 1. The zero-order chi connectivity index (χ0) is 28.0. The third-order valence-corrected chi connectivity index (χ3v) is 6.31. The Balaban J connectivity index is 3.46. The van der Waals surface area contributed by atoms with Crippen molar-refractivity contribution in [3.63, 3.8) is 0 Å². The van der Waals surface area contributed by atoms with Crippen molar-refractivity contribution < 1.29 is 24.2 Å². The van der Waals surface area contributed by atoms with Gasteiger partial charge in [0.15, 0.2) is 0 Å². The van der Waals surface area contributed by atoms with E-state index >= 15 is 0 Å². The summed E-state index contributed by atoms with van der Waals surface area (Å²) in [6, 6.07) is 4.70. The molecule has 8 nitrogen and oxygen atoms in total. The van der Waals surface area contributed by atoms with Gasteiger partial charge < -0.3 is 25.4 Å². The minimum absolute atomic E-state index is 0.0512. The van der Waals surface area contributed by atoms with Gasteiger partial charge in [-0.1, -0.05) is 78.0 Å². The maximum Gasteiger partial charge on any atom is 0.408 e. The summed E-state index contributed by atoms with van der Waals surface area (Å²) in [5.74, 6) is -0.966. The number of benzene rings is 1. The molecule has 0 aromatic heterocycles. The van der Waals surface area contributed by atoms with Crippen molar-refractivity contribution in [2.24, 2.45) is 5.92 Å². The Hall–Kier alpha value is -2.77. The Bertz CT molecular complexity index is 852. The number of aromatic hydroxyl groups is 1. The fraction of sp³-hybridized carbons (Fsp3) is 0.690. The summed E-state index contributed by atoms with van der Waals surface area (Å²) in [4.78, 5) is 41.9. The molecule has 0 fully saturated rings. The first kappa shape index (κ1) is 32.3. The number of rotatable bonds is 15. The second-order valence-corrected chi connectivity index (χ2v) is 10.7. The Labute approximate surface area is 223 Å². The lowest BCUT2D eigenvalue weighted by atomic mass is 9.95. The van der Waals surface area contributed by atoms with Gasteiger partial charge in [0.2, 0.25) is 11.8 Å². The minimum atomic E-state index is -1.03. The maximum atomic E-state index is 14.1. The van der Waals surface area contributed by atoms with Crippen LogP contribution in [-0.4, -0.2) is 52.6 Å². The summed E-state index contributed by atoms with van der Waals surface area (Å²) in [5, 5.41) is 16.4. The van der Waals surface area contributed by atoms with Gasteiger partial charge in [0.1, 0.15) is 23.4 Å². The minimum Gasteiger partial charge on any atom is -0.508 e. The van der Waals surface area contributed by atoms with Crippen LogP contribution >= 0.6 is 0 Å². The van der Waals surface area contributed by atoms with Crippen molar-refractivity contribution in [2.45, 2.75) is 111 Å². The van der Waals surface area contributed by atoms with E-state index in [4.69, 9.17) is 4.74 Å². The summed E-state index contributed by atoms with van der Waals surface area (Å²) in [7, 11) is 0. The average Bonchev–Trinajstić information content (AvgIpc) is 2.83. The molecule has 37 heavy (non-hydrogen) atoms. The highest BCUT2D eigenvalue weighted by Crippen LogP contribution is 2.31. The zero-order valence-corrected chi connectivity index (χ0v) is 23.9. The molecule has 0 saturated heterocycles. The van der Waals surface area contributed by atoms with Crippen LogP contribution in [0.1, 0.15) is 105 Å². The number of alkyl carbamates (subject to hydrolysis) is 1. The summed E-state index contributed by atoms with van der Waals surface area (Å²) in [6.07, 6.45) is 5.30. The van der Waals surface area contributed by atoms with Gasteiger partial charge in [-0.15, -0.1) is 0 Å². The molecule has 3 amide bonds. The van der Waals surface area contributed by atoms with E-state index in [1.807, 2.05) is 13.8 Å². The van der Waals surface area contributed by atoms with Crippen molar-refractivity contribution in [1.29, 1.82) is 0 Å². The SMILES string of the molecule is CCCCCNC(=O)C(c1ccccc1O)N(CCCCC)C(=O)C(NC(=O)OC(C)(C)C)C(C)CC. The maximum absolute atomic E-state index is 14.1. The van der Waals surface area contributed by atoms with Crippen molar-refractivity contribution in [3.05, 3.63) is 29.8 Å². The topological polar surface area (TPSA) is 108 Å². The summed E-state index contributed by atoms with van der Waals surface area (Å²) < 4.78 is 5.44. The molecular formula is C29H49N3O5. The van der Waals surface area contributed by atoms with Gasteiger partial charge in [0.05, 0.1) is 0 Å². The van der Waals surface area contributed by atoms with Crippen LogP contribution < -0.4 is 10.6 Å². The van der Waals surface area contributed by atoms with Gasteiger partial charge in [0, 0.05) is 18.7 Å². The van der Waals surface area contributed by atoms with Crippen LogP contribution in [0.4, 0.5) is 4.79 Å². The highest BCUT2D eigenvalue weighted by Gasteiger charge is 2.38. The molecule has 3 atom stereocenters. The number of phenolic OH excluding ortho intramolecular Hbond substituents is 1. The van der Waals surface area contributed by atoms with Crippen molar-refractivity contribution in [2.75, 3.05) is 13.1 Å². The number of amides is 3. The molecule has 0 aliphatic heterocycles. The van der Waals surface area contributed by atoms with Crippen molar-refractivity contribution in [1.82, 2.24) is 15.5 Å². The monoisotopic (exact) mass is 519 g/mol. The van der Waals surface area contributed by atoms with Gasteiger partial charge in [0.25, 0.3) is 0 Å². The van der Waals surface area contributed by atoms with E-state index in [9.17, 15) is 19.5 Å². The van der Waals surface area contributed by atoms with Crippen LogP contribution in [0.15, 0.2) is 24.3 Å². The molecular weight excluding hydrogens is 470 g/mol. The van der Waals surface area contributed by atoms with Gasteiger partial charge in [-0.05, 0) is 45.6 Å². The van der Waals surface area contributed by atoms with E-state index in [0.717, 1.165) is 32.1 Å². The number of para-hydroxylation sites is 1. The van der Waals surface area contributed by atoms with Gasteiger partial charge in [-0.3, -0.25) is 9.59 Å². The highest BCUT2D eigenvalue weighted by atomic mass is 16.6. The lowest BCUT2D eigenvalue weighted by molar-refractivity contribution is -0.143. The van der Waals surface area contributed by atoms with Crippen molar-refractivity contribution in [3.8, 4) is 5.75 Å². The van der Waals surface area contributed by atoms with Crippen LogP contribution in [0.25, 0.3) is 0 Å². The molecule has 0 aliphatic carbocycles. The van der Waals surface area contributed by atoms with Crippen LogP contribution in [0, 0.1) is 5.92 Å². The molecule has 0 aliphatic rings. The lowest BCUT2D eigenvalue weighted by Crippen LogP contribution is -2.55. The predicted molar refractivity (Wildman–Crippen MR) is 147 cm³/mol. The van der Waals surface area contributed by atoms with Crippen LogP contribution in [0.3, 0.4) is 0 Å². The summed E-state index contributed by atoms with van der Waals surface area (Å²) in [5.41, 5.74) is -0.356. The Kier molecular flexibility index (Phi) is 14.1. The lowest BCUT2D eigenvalue weighted by Gasteiger charge is -2.36. The smallest absolute Gasteiger partial charge is 0.408 e. The van der Waals surface area contributed by atoms with Gasteiger partial charge in [-0.2, -0.15) is 0 Å². The molecule has 0 spiro atoms. The number of nitrogens with one attached hydrogen (secondary N) is 2. The molecule has 210 valence electrons. The van der Waals surface area contributed by atoms with E-state index in [-0.39, 0.29) is 23.5 Å². The molecule has 0 saturated carbocycles. The van der Waals surface area contributed by atoms with Gasteiger partial charge in [-0.25, -0.2) is 4.79 Å². The van der Waals surface area contributed by atoms with Crippen LogP contribution in [0.5, 0.6) is 5.75 Å². The number of hydrogen-bond acceptors (Lipinski definition) is 5. The van der Waals surface area contributed by atoms with Crippen molar-refractivity contribution >= 4 is 17.9 Å². The first-order chi connectivity index (χ1) is 17.5. The van der Waals surface area contributed by atoms with E-state index in [2.05, 4.69) is 24.5 Å². The summed E-state index contributed by atoms with van der Waals surface area (Å²) in [6.45, 7) is 14.1. The van der Waals surface area contributed by atoms with E-state index in [1.165, 1.54) is 11.0 Å². The molecule has 1 aromatic rings. The fourth-order valence-corrected chi connectivity index (χ4v) is 4.05. The predicted octanol–water partition coefficient (Wildman–Crippen LogP) is 5.70. The second kappa shape index (κ2) is 16.2. The van der Waals surface area contributed by atoms with E-state index < -0.39 is 23.8 Å². The van der Waals surface area contributed by atoms with E-state index in [0.29, 0.717) is 31.5 Å². The molecule has 0 radical (unpaired) electrons. The quantitative estimate of drug-likeness (QED) is 0.258. The number of carbonyl (C=O) groups is 3. The first-order valence-corrected chi connectivity index (χ1v) is 13.8. The fourth-order valence-electron chi connectivity index (χ4n) is 4.05. The van der Waals surface area contributed by atoms with Crippen LogP contribution in [-0.2, 0) is 14.3 Å². The average molecular weight is 520 g/mol. The molecule has 3 unspecified atom stereocenters. The number of phenols is 1. The number of carbonyl (C=O) groups excluding carboxylic acids is 3. The zero-order valence-electron chi connectivity index (χ0n) is 23.9. The molecule has 1 aromatic carbocycles. The molecule has 3 N–H and O–H groups in total. The number of unbranched alkanes of at least 4 members (excludes halogenated alkanes) is 4. The Morgan fingerprint density at radius 2 is 1.62 bits per heavy atom. The second-order valence-electron chi connectivity index (χ2n) is 10.7. The number of ether oxygens (including phenoxy) is 1. The molecule has 8 heteroatoms. The largest absolute Gasteiger partial charge is 0.508 e. The normalized spacial score (nSPS) is 13.8. The van der Waals surface area contributed by atoms with Gasteiger partial charge >= 0.3 is 6.09 Å². The first-order valence-electron chi connectivity index (χ1n) is 13.8. The number of hydrogen-bond donors (Lipinski definition) is 3. The Morgan fingerprint density at radius 3 is 2.19 bits per heavy atom. The summed E-state index contributed by atoms with van der Waals surface area (Å²) >= 11 is 0. The van der Waals surface area contributed by atoms with E-state index in [1.54, 1.807) is 39.0 Å². The Morgan fingerprint density at radius 1 is 1.00 bits per heavy atom. The molecule has 0 heterocycles. The third-order valence-electron chi connectivity index (χ3n) is 6.31. The standard InChI is InChI=1S/C29H49N3O5/c1-8-11-15-19-30-26(34)25(22-17-13-14-18-23(22)33)32(20-16-12-9-2)27(35)24(21(4)10-3)31-28(36)37-29(5,6)7/h13-14,17-18,21,24-25,33H,8-12,15-16,19-20H2,1-7H3,(H,30,34)(H,31,36). The highest BCUT2D eigenvalue weighted by molar-refractivity contribution is 5.92. The van der Waals surface area contributed by atoms with Crippen LogP contribution in [0.2, 0.25) is 0 Å².